The molecule has 0 radical (unpaired) electrons. The largest absolute Gasteiger partial charge is 0.466 e. The van der Waals surface area contributed by atoms with Gasteiger partial charge in [0.15, 0.2) is 0 Å². The monoisotopic (exact) mass is 251 g/mol. The van der Waals surface area contributed by atoms with Gasteiger partial charge in [0, 0.05) is 12.7 Å². The fraction of sp³-hybridized carbons (Fsp3) is 0.417. The lowest BCUT2D eigenvalue weighted by atomic mass is 10.1. The van der Waals surface area contributed by atoms with Gasteiger partial charge in [0.2, 0.25) is 0 Å². The van der Waals surface area contributed by atoms with Crippen molar-refractivity contribution in [1.82, 2.24) is 4.98 Å². The molecule has 0 atom stereocenters. The minimum Gasteiger partial charge on any atom is -0.466 e. The first-order valence-electron chi connectivity index (χ1n) is 5.71. The molecule has 1 amide bonds. The second-order valence-electron chi connectivity index (χ2n) is 3.70. The normalized spacial score (nSPS) is 9.89. The minimum atomic E-state index is -0.542. The average Bonchev–Trinajstić information content (AvgIpc) is 2.28. The number of ether oxygens (including phenoxy) is 1. The fourth-order valence-electron chi connectivity index (χ4n) is 1.52. The summed E-state index contributed by atoms with van der Waals surface area (Å²) in [6.45, 7) is 4.22. The molecule has 1 aromatic rings. The van der Waals surface area contributed by atoms with E-state index in [4.69, 9.17) is 10.5 Å². The minimum absolute atomic E-state index is 0.210. The fourth-order valence-corrected chi connectivity index (χ4v) is 1.52. The van der Waals surface area contributed by atoms with Crippen molar-refractivity contribution in [1.29, 1.82) is 0 Å². The number of primary amides is 1. The zero-order valence-corrected chi connectivity index (χ0v) is 10.5. The average molecular weight is 251 g/mol. The van der Waals surface area contributed by atoms with E-state index in [0.717, 1.165) is 5.56 Å². The van der Waals surface area contributed by atoms with Crippen LogP contribution in [-0.4, -0.2) is 30.0 Å². The molecule has 0 bridgehead atoms. The molecule has 0 unspecified atom stereocenters. The molecule has 98 valence electrons. The van der Waals surface area contributed by atoms with Crippen LogP contribution >= 0.6 is 0 Å². The molecule has 0 saturated heterocycles. The summed E-state index contributed by atoms with van der Waals surface area (Å²) in [5.74, 6) is -0.440. The molecule has 1 aromatic heterocycles. The highest BCUT2D eigenvalue weighted by Crippen LogP contribution is 2.15. The Labute approximate surface area is 106 Å². The molecule has 6 nitrogen and oxygen atoms in total. The SMILES string of the molecule is CCOC(=O)CCNc1nccc(C)c1C(N)=O. The lowest BCUT2D eigenvalue weighted by Gasteiger charge is -2.10. The summed E-state index contributed by atoms with van der Waals surface area (Å²) in [6, 6.07) is 1.70. The Morgan fingerprint density at radius 2 is 2.22 bits per heavy atom. The molecule has 0 aliphatic heterocycles. The summed E-state index contributed by atoms with van der Waals surface area (Å²) in [7, 11) is 0. The number of anilines is 1. The number of carbonyl (C=O) groups excluding carboxylic acids is 2. The van der Waals surface area contributed by atoms with E-state index in [-0.39, 0.29) is 12.4 Å². The van der Waals surface area contributed by atoms with Crippen LogP contribution in [0.3, 0.4) is 0 Å². The topological polar surface area (TPSA) is 94.3 Å². The van der Waals surface area contributed by atoms with Crippen LogP contribution in [0.5, 0.6) is 0 Å². The molecule has 0 aromatic carbocycles. The van der Waals surface area contributed by atoms with Gasteiger partial charge in [0.05, 0.1) is 18.6 Å². The second kappa shape index (κ2) is 6.58. The summed E-state index contributed by atoms with van der Waals surface area (Å²) >= 11 is 0. The van der Waals surface area contributed by atoms with E-state index in [9.17, 15) is 9.59 Å². The van der Waals surface area contributed by atoms with Crippen molar-refractivity contribution in [3.8, 4) is 0 Å². The van der Waals surface area contributed by atoms with Crippen molar-refractivity contribution in [2.45, 2.75) is 20.3 Å². The maximum absolute atomic E-state index is 11.3. The number of esters is 1. The van der Waals surface area contributed by atoms with Crippen molar-refractivity contribution in [2.24, 2.45) is 5.73 Å². The predicted molar refractivity (Wildman–Crippen MR) is 67.2 cm³/mol. The van der Waals surface area contributed by atoms with Gasteiger partial charge in [0.25, 0.3) is 5.91 Å². The molecule has 0 aliphatic rings. The maximum Gasteiger partial charge on any atom is 0.307 e. The van der Waals surface area contributed by atoms with E-state index in [0.29, 0.717) is 24.5 Å². The van der Waals surface area contributed by atoms with Crippen molar-refractivity contribution in [3.63, 3.8) is 0 Å². The van der Waals surface area contributed by atoms with Crippen molar-refractivity contribution >= 4 is 17.7 Å². The summed E-state index contributed by atoms with van der Waals surface area (Å²) in [5, 5.41) is 2.91. The van der Waals surface area contributed by atoms with E-state index in [1.54, 1.807) is 26.1 Å². The molecule has 1 rings (SSSR count). The third-order valence-electron chi connectivity index (χ3n) is 2.33. The van der Waals surface area contributed by atoms with Crippen LogP contribution in [0.4, 0.5) is 5.82 Å². The lowest BCUT2D eigenvalue weighted by Crippen LogP contribution is -2.19. The van der Waals surface area contributed by atoms with Gasteiger partial charge in [-0.2, -0.15) is 0 Å². The Hall–Kier alpha value is -2.11. The first kappa shape index (κ1) is 14.0. The van der Waals surface area contributed by atoms with Crippen LogP contribution in [-0.2, 0) is 9.53 Å². The molecule has 0 fully saturated rings. The standard InChI is InChI=1S/C12H17N3O3/c1-3-18-9(16)5-7-15-12-10(11(13)17)8(2)4-6-14-12/h4,6H,3,5,7H2,1-2H3,(H2,13,17)(H,14,15). The third-order valence-corrected chi connectivity index (χ3v) is 2.33. The Morgan fingerprint density at radius 3 is 2.83 bits per heavy atom. The molecule has 0 spiro atoms. The van der Waals surface area contributed by atoms with E-state index < -0.39 is 5.91 Å². The first-order chi connectivity index (χ1) is 8.56. The molecular formula is C12H17N3O3. The summed E-state index contributed by atoms with van der Waals surface area (Å²) in [5.41, 5.74) is 6.38. The van der Waals surface area contributed by atoms with Gasteiger partial charge in [0.1, 0.15) is 5.82 Å². The smallest absolute Gasteiger partial charge is 0.307 e. The predicted octanol–water partition coefficient (Wildman–Crippen LogP) is 0.854. The van der Waals surface area contributed by atoms with Crippen LogP contribution < -0.4 is 11.1 Å². The van der Waals surface area contributed by atoms with Gasteiger partial charge in [-0.3, -0.25) is 9.59 Å². The summed E-state index contributed by atoms with van der Waals surface area (Å²) < 4.78 is 4.79. The van der Waals surface area contributed by atoms with Gasteiger partial charge >= 0.3 is 5.97 Å². The summed E-state index contributed by atoms with van der Waals surface area (Å²) in [4.78, 5) is 26.5. The Kier molecular flexibility index (Phi) is 5.10. The second-order valence-corrected chi connectivity index (χ2v) is 3.70. The molecule has 0 aliphatic carbocycles. The van der Waals surface area contributed by atoms with Crippen LogP contribution in [0.15, 0.2) is 12.3 Å². The quantitative estimate of drug-likeness (QED) is 0.731. The summed E-state index contributed by atoms with van der Waals surface area (Å²) in [6.07, 6.45) is 1.79. The molecule has 18 heavy (non-hydrogen) atoms. The maximum atomic E-state index is 11.3. The van der Waals surface area contributed by atoms with Crippen LogP contribution in [0.2, 0.25) is 0 Å². The van der Waals surface area contributed by atoms with Crippen LogP contribution in [0.1, 0.15) is 29.3 Å². The number of aromatic nitrogens is 1. The number of aryl methyl sites for hydroxylation is 1. The lowest BCUT2D eigenvalue weighted by molar-refractivity contribution is -0.142. The molecule has 0 saturated carbocycles. The van der Waals surface area contributed by atoms with Gasteiger partial charge in [-0.05, 0) is 25.5 Å². The van der Waals surface area contributed by atoms with Gasteiger partial charge in [-0.25, -0.2) is 4.98 Å². The van der Waals surface area contributed by atoms with E-state index >= 15 is 0 Å². The number of hydrogen-bond donors (Lipinski definition) is 2. The number of nitrogens with two attached hydrogens (primary N) is 1. The number of hydrogen-bond acceptors (Lipinski definition) is 5. The van der Waals surface area contributed by atoms with E-state index in [1.165, 1.54) is 0 Å². The van der Waals surface area contributed by atoms with Crippen molar-refractivity contribution in [2.75, 3.05) is 18.5 Å². The van der Waals surface area contributed by atoms with E-state index in [2.05, 4.69) is 10.3 Å². The molecule has 3 N–H and O–H groups in total. The number of pyridine rings is 1. The van der Waals surface area contributed by atoms with Crippen LogP contribution in [0, 0.1) is 6.92 Å². The number of amides is 1. The van der Waals surface area contributed by atoms with Crippen molar-refractivity contribution in [3.05, 3.63) is 23.4 Å². The Balaban J connectivity index is 2.65. The highest BCUT2D eigenvalue weighted by molar-refractivity contribution is 5.99. The van der Waals surface area contributed by atoms with Crippen molar-refractivity contribution < 1.29 is 14.3 Å². The number of nitrogens with zero attached hydrogens (tertiary/aromatic N) is 1. The highest BCUT2D eigenvalue weighted by atomic mass is 16.5. The van der Waals surface area contributed by atoms with Crippen LogP contribution in [0.25, 0.3) is 0 Å². The molecule has 1 heterocycles. The highest BCUT2D eigenvalue weighted by Gasteiger charge is 2.12. The zero-order valence-electron chi connectivity index (χ0n) is 10.5. The Morgan fingerprint density at radius 1 is 1.50 bits per heavy atom. The number of rotatable bonds is 6. The third kappa shape index (κ3) is 3.73. The van der Waals surface area contributed by atoms with E-state index in [1.807, 2.05) is 0 Å². The zero-order chi connectivity index (χ0) is 13.5. The number of nitrogens with one attached hydrogen (secondary N) is 1. The van der Waals surface area contributed by atoms with Gasteiger partial charge in [-0.1, -0.05) is 0 Å². The molecular weight excluding hydrogens is 234 g/mol. The van der Waals surface area contributed by atoms with Gasteiger partial charge in [-0.15, -0.1) is 0 Å². The molecule has 6 heteroatoms. The van der Waals surface area contributed by atoms with Gasteiger partial charge < -0.3 is 15.8 Å². The number of carbonyl (C=O) groups is 2. The Bertz CT molecular complexity index is 446. The first-order valence-corrected chi connectivity index (χ1v) is 5.71.